The summed E-state index contributed by atoms with van der Waals surface area (Å²) >= 11 is 1.25. The summed E-state index contributed by atoms with van der Waals surface area (Å²) in [4.78, 5) is 16.7. The van der Waals surface area contributed by atoms with Crippen molar-refractivity contribution in [2.75, 3.05) is 31.6 Å². The van der Waals surface area contributed by atoms with E-state index >= 15 is 0 Å². The molecule has 2 N–H and O–H groups in total. The number of rotatable bonds is 6. The minimum absolute atomic E-state index is 0.0600. The second-order valence-electron chi connectivity index (χ2n) is 7.19. The number of aromatic nitrogens is 1. The fourth-order valence-corrected chi connectivity index (χ4v) is 4.74. The zero-order chi connectivity index (χ0) is 21.0. The normalized spacial score (nSPS) is 15.9. The highest BCUT2D eigenvalue weighted by Gasteiger charge is 2.26. The van der Waals surface area contributed by atoms with Crippen LogP contribution >= 0.6 is 11.3 Å². The number of amides is 1. The highest BCUT2D eigenvalue weighted by Crippen LogP contribution is 2.27. The smallest absolute Gasteiger partial charge is 0.304 e. The molecule has 1 aromatic heterocycles. The topological polar surface area (TPSA) is 101 Å². The number of ether oxygens (including phenoxy) is 1. The SMILES string of the molecule is Cc1ccc(C(C)C)cc1Nc1nc(C(=O)NS(=O)(=O)N2CCCOCC2)cs1. The van der Waals surface area contributed by atoms with Crippen LogP contribution in [-0.2, 0) is 14.9 Å². The molecule has 0 spiro atoms. The van der Waals surface area contributed by atoms with E-state index in [9.17, 15) is 13.2 Å². The van der Waals surface area contributed by atoms with Crippen molar-refractivity contribution in [1.82, 2.24) is 14.0 Å². The summed E-state index contributed by atoms with van der Waals surface area (Å²) in [6, 6.07) is 6.19. The lowest BCUT2D eigenvalue weighted by atomic mass is 10.0. The van der Waals surface area contributed by atoms with Gasteiger partial charge in [0.1, 0.15) is 5.69 Å². The number of thiazole rings is 1. The van der Waals surface area contributed by atoms with Crippen LogP contribution in [0.2, 0.25) is 0 Å². The summed E-state index contributed by atoms with van der Waals surface area (Å²) in [7, 11) is -3.93. The summed E-state index contributed by atoms with van der Waals surface area (Å²) in [5.74, 6) is -0.351. The Morgan fingerprint density at radius 1 is 1.28 bits per heavy atom. The Bertz CT molecular complexity index is 964. The molecule has 0 saturated carbocycles. The molecule has 8 nitrogen and oxygen atoms in total. The standard InChI is InChI=1S/C19H26N4O4S2/c1-13(2)15-6-5-14(3)16(11-15)20-19-21-17(12-28-19)18(24)22-29(25,26)23-7-4-9-27-10-8-23/h5-6,11-13H,4,7-10H2,1-3H3,(H,20,21)(H,22,24). The third-order valence-electron chi connectivity index (χ3n) is 4.65. The van der Waals surface area contributed by atoms with E-state index in [0.29, 0.717) is 37.2 Å². The van der Waals surface area contributed by atoms with Crippen molar-refractivity contribution in [3.8, 4) is 0 Å². The number of nitrogens with one attached hydrogen (secondary N) is 2. The molecule has 0 radical (unpaired) electrons. The summed E-state index contributed by atoms with van der Waals surface area (Å²) in [5.41, 5.74) is 3.22. The van der Waals surface area contributed by atoms with Crippen molar-refractivity contribution < 1.29 is 17.9 Å². The average molecular weight is 439 g/mol. The molecular weight excluding hydrogens is 412 g/mol. The molecule has 158 valence electrons. The van der Waals surface area contributed by atoms with Crippen LogP contribution < -0.4 is 10.0 Å². The van der Waals surface area contributed by atoms with Gasteiger partial charge in [0, 0.05) is 30.8 Å². The molecule has 1 aliphatic heterocycles. The van der Waals surface area contributed by atoms with Crippen molar-refractivity contribution in [3.05, 3.63) is 40.4 Å². The number of anilines is 2. The van der Waals surface area contributed by atoms with Gasteiger partial charge in [0.25, 0.3) is 5.91 Å². The summed E-state index contributed by atoms with van der Waals surface area (Å²) in [5, 5.41) is 5.30. The van der Waals surface area contributed by atoms with Gasteiger partial charge in [-0.3, -0.25) is 4.79 Å². The van der Waals surface area contributed by atoms with E-state index in [1.165, 1.54) is 21.2 Å². The number of benzene rings is 1. The molecule has 2 heterocycles. The third-order valence-corrected chi connectivity index (χ3v) is 6.90. The minimum Gasteiger partial charge on any atom is -0.380 e. The van der Waals surface area contributed by atoms with Gasteiger partial charge in [-0.15, -0.1) is 11.3 Å². The number of carbonyl (C=O) groups is 1. The zero-order valence-corrected chi connectivity index (χ0v) is 18.4. The van der Waals surface area contributed by atoms with Gasteiger partial charge in [0.05, 0.1) is 6.61 Å². The molecule has 1 amide bonds. The molecule has 29 heavy (non-hydrogen) atoms. The van der Waals surface area contributed by atoms with E-state index in [2.05, 4.69) is 41.0 Å². The van der Waals surface area contributed by atoms with Crippen molar-refractivity contribution in [1.29, 1.82) is 0 Å². The fraction of sp³-hybridized carbons (Fsp3) is 0.474. The van der Waals surface area contributed by atoms with E-state index in [4.69, 9.17) is 4.74 Å². The van der Waals surface area contributed by atoms with Crippen LogP contribution in [0.3, 0.4) is 0 Å². The van der Waals surface area contributed by atoms with Crippen LogP contribution in [0.25, 0.3) is 0 Å². The fourth-order valence-electron chi connectivity index (χ4n) is 2.88. The highest BCUT2D eigenvalue weighted by molar-refractivity contribution is 7.87. The molecule has 1 aromatic carbocycles. The Hall–Kier alpha value is -2.01. The number of nitrogens with zero attached hydrogens (tertiary/aromatic N) is 2. The number of hydrogen-bond acceptors (Lipinski definition) is 7. The van der Waals surface area contributed by atoms with Gasteiger partial charge in [-0.2, -0.15) is 12.7 Å². The quantitative estimate of drug-likeness (QED) is 0.719. The number of carbonyl (C=O) groups excluding carboxylic acids is 1. The molecule has 1 fully saturated rings. The zero-order valence-electron chi connectivity index (χ0n) is 16.8. The molecule has 0 atom stereocenters. The maximum absolute atomic E-state index is 12.5. The van der Waals surface area contributed by atoms with Gasteiger partial charge in [0.2, 0.25) is 0 Å². The Morgan fingerprint density at radius 2 is 2.07 bits per heavy atom. The highest BCUT2D eigenvalue weighted by atomic mass is 32.2. The molecule has 2 aromatic rings. The van der Waals surface area contributed by atoms with Gasteiger partial charge >= 0.3 is 10.2 Å². The molecule has 0 unspecified atom stereocenters. The predicted octanol–water partition coefficient (Wildman–Crippen LogP) is 3.02. The van der Waals surface area contributed by atoms with Gasteiger partial charge in [-0.05, 0) is 36.5 Å². The van der Waals surface area contributed by atoms with Crippen LogP contribution in [0, 0.1) is 6.92 Å². The lowest BCUT2D eigenvalue weighted by Gasteiger charge is -2.18. The summed E-state index contributed by atoms with van der Waals surface area (Å²) < 4.78 is 33.5. The van der Waals surface area contributed by atoms with E-state index in [1.54, 1.807) is 5.38 Å². The Labute approximate surface area is 175 Å². The molecule has 0 aliphatic carbocycles. The first-order valence-electron chi connectivity index (χ1n) is 9.49. The van der Waals surface area contributed by atoms with Crippen LogP contribution in [0.4, 0.5) is 10.8 Å². The van der Waals surface area contributed by atoms with Gasteiger partial charge in [0.15, 0.2) is 5.13 Å². The maximum Gasteiger partial charge on any atom is 0.304 e. The lowest BCUT2D eigenvalue weighted by molar-refractivity contribution is 0.0974. The maximum atomic E-state index is 12.5. The summed E-state index contributed by atoms with van der Waals surface area (Å²) in [6.07, 6.45) is 0.592. The van der Waals surface area contributed by atoms with Crippen molar-refractivity contribution in [2.24, 2.45) is 0 Å². The molecule has 1 saturated heterocycles. The van der Waals surface area contributed by atoms with Gasteiger partial charge < -0.3 is 10.1 Å². The molecule has 0 bridgehead atoms. The Kier molecular flexibility index (Phi) is 6.89. The predicted molar refractivity (Wildman–Crippen MR) is 114 cm³/mol. The molecule has 1 aliphatic rings. The van der Waals surface area contributed by atoms with E-state index < -0.39 is 16.1 Å². The third kappa shape index (κ3) is 5.53. The summed E-state index contributed by atoms with van der Waals surface area (Å²) in [6.45, 7) is 7.60. The first-order valence-corrected chi connectivity index (χ1v) is 11.8. The second kappa shape index (κ2) is 9.21. The van der Waals surface area contributed by atoms with Crippen molar-refractivity contribution in [2.45, 2.75) is 33.1 Å². The van der Waals surface area contributed by atoms with Gasteiger partial charge in [-0.1, -0.05) is 26.0 Å². The molecular formula is C19H26N4O4S2. The van der Waals surface area contributed by atoms with E-state index in [-0.39, 0.29) is 12.2 Å². The first kappa shape index (κ1) is 21.7. The van der Waals surface area contributed by atoms with Crippen molar-refractivity contribution >= 4 is 38.3 Å². The number of aryl methyl sites for hydroxylation is 1. The van der Waals surface area contributed by atoms with Gasteiger partial charge in [-0.25, -0.2) is 9.71 Å². The van der Waals surface area contributed by atoms with E-state index in [1.807, 2.05) is 13.0 Å². The molecule has 3 rings (SSSR count). The Balaban J connectivity index is 1.69. The van der Waals surface area contributed by atoms with Crippen LogP contribution in [0.1, 0.15) is 47.8 Å². The van der Waals surface area contributed by atoms with Crippen LogP contribution in [-0.4, -0.2) is 49.9 Å². The monoisotopic (exact) mass is 438 g/mol. The molecule has 10 heteroatoms. The van der Waals surface area contributed by atoms with E-state index in [0.717, 1.165) is 11.3 Å². The average Bonchev–Trinajstić information content (AvgIpc) is 2.95. The number of hydrogen-bond donors (Lipinski definition) is 2. The van der Waals surface area contributed by atoms with Crippen molar-refractivity contribution in [3.63, 3.8) is 0 Å². The largest absolute Gasteiger partial charge is 0.380 e. The van der Waals surface area contributed by atoms with Crippen LogP contribution in [0.15, 0.2) is 23.6 Å². The Morgan fingerprint density at radius 3 is 2.83 bits per heavy atom. The second-order valence-corrected chi connectivity index (χ2v) is 9.72. The first-order chi connectivity index (χ1) is 13.8. The van der Waals surface area contributed by atoms with Crippen LogP contribution in [0.5, 0.6) is 0 Å². The minimum atomic E-state index is -3.93. The lowest BCUT2D eigenvalue weighted by Crippen LogP contribution is -2.44.